The summed E-state index contributed by atoms with van der Waals surface area (Å²) in [6, 6.07) is 18.5. The molecule has 0 aromatic heterocycles. The van der Waals surface area contributed by atoms with Crippen LogP contribution in [0.1, 0.15) is 51.0 Å². The van der Waals surface area contributed by atoms with E-state index in [1.807, 2.05) is 36.4 Å². The standard InChI is InChI=1S/C19H24O/c1-3-9-16(10-4-2)17-11-8-14-19(15-17)20-18-12-6-5-7-13-18/h5-8,11-16H,3-4,9-10H2,1-2H3. The van der Waals surface area contributed by atoms with Gasteiger partial charge >= 0.3 is 0 Å². The van der Waals surface area contributed by atoms with Crippen molar-refractivity contribution in [2.24, 2.45) is 0 Å². The molecule has 0 saturated carbocycles. The predicted molar refractivity (Wildman–Crippen MR) is 85.5 cm³/mol. The third kappa shape index (κ3) is 4.12. The number of rotatable bonds is 7. The van der Waals surface area contributed by atoms with Crippen LogP contribution in [0.25, 0.3) is 0 Å². The van der Waals surface area contributed by atoms with Crippen LogP contribution in [0.2, 0.25) is 0 Å². The van der Waals surface area contributed by atoms with Crippen molar-refractivity contribution in [1.29, 1.82) is 0 Å². The van der Waals surface area contributed by atoms with E-state index in [0.29, 0.717) is 5.92 Å². The van der Waals surface area contributed by atoms with Crippen molar-refractivity contribution in [3.05, 3.63) is 60.2 Å². The molecule has 0 amide bonds. The zero-order valence-electron chi connectivity index (χ0n) is 12.5. The Morgan fingerprint density at radius 3 is 2.10 bits per heavy atom. The van der Waals surface area contributed by atoms with Gasteiger partial charge in [-0.3, -0.25) is 0 Å². The lowest BCUT2D eigenvalue weighted by Crippen LogP contribution is -1.98. The molecule has 0 aliphatic carbocycles. The summed E-state index contributed by atoms with van der Waals surface area (Å²) in [5.41, 5.74) is 1.40. The van der Waals surface area contributed by atoms with E-state index in [1.54, 1.807) is 0 Å². The van der Waals surface area contributed by atoms with Gasteiger partial charge in [-0.1, -0.05) is 57.0 Å². The van der Waals surface area contributed by atoms with Crippen molar-refractivity contribution >= 4 is 0 Å². The molecule has 0 heterocycles. The Hall–Kier alpha value is -1.76. The van der Waals surface area contributed by atoms with Gasteiger partial charge < -0.3 is 4.74 Å². The minimum Gasteiger partial charge on any atom is -0.457 e. The Labute approximate surface area is 122 Å². The van der Waals surface area contributed by atoms with Crippen LogP contribution in [0.5, 0.6) is 11.5 Å². The largest absolute Gasteiger partial charge is 0.457 e. The van der Waals surface area contributed by atoms with Gasteiger partial charge in [-0.15, -0.1) is 0 Å². The molecule has 0 unspecified atom stereocenters. The monoisotopic (exact) mass is 268 g/mol. The van der Waals surface area contributed by atoms with E-state index >= 15 is 0 Å². The fourth-order valence-electron chi connectivity index (χ4n) is 2.63. The average molecular weight is 268 g/mol. The van der Waals surface area contributed by atoms with Gasteiger partial charge in [0.25, 0.3) is 0 Å². The Morgan fingerprint density at radius 2 is 1.45 bits per heavy atom. The molecule has 1 heteroatoms. The smallest absolute Gasteiger partial charge is 0.127 e. The van der Waals surface area contributed by atoms with E-state index in [-0.39, 0.29) is 0 Å². The highest BCUT2D eigenvalue weighted by molar-refractivity contribution is 5.35. The van der Waals surface area contributed by atoms with Crippen molar-refractivity contribution in [3.63, 3.8) is 0 Å². The van der Waals surface area contributed by atoms with Crippen LogP contribution < -0.4 is 4.74 Å². The lowest BCUT2D eigenvalue weighted by Gasteiger charge is -2.17. The van der Waals surface area contributed by atoms with Gasteiger partial charge in [0.05, 0.1) is 0 Å². The highest BCUT2D eigenvalue weighted by Crippen LogP contribution is 2.30. The molecule has 20 heavy (non-hydrogen) atoms. The highest BCUT2D eigenvalue weighted by Gasteiger charge is 2.10. The normalized spacial score (nSPS) is 10.8. The Morgan fingerprint density at radius 1 is 0.800 bits per heavy atom. The maximum atomic E-state index is 5.93. The maximum absolute atomic E-state index is 5.93. The Balaban J connectivity index is 2.14. The number of para-hydroxylation sites is 1. The van der Waals surface area contributed by atoms with Crippen molar-refractivity contribution < 1.29 is 4.74 Å². The summed E-state index contributed by atoms with van der Waals surface area (Å²) in [5.74, 6) is 2.49. The minimum atomic E-state index is 0.657. The van der Waals surface area contributed by atoms with Gasteiger partial charge in [-0.2, -0.15) is 0 Å². The van der Waals surface area contributed by atoms with E-state index in [2.05, 4.69) is 32.0 Å². The van der Waals surface area contributed by atoms with Crippen LogP contribution in [0.3, 0.4) is 0 Å². The second-order valence-corrected chi connectivity index (χ2v) is 5.26. The SMILES string of the molecule is CCCC(CCC)c1cccc(Oc2ccccc2)c1. The number of benzene rings is 2. The van der Waals surface area contributed by atoms with E-state index in [9.17, 15) is 0 Å². The first-order chi connectivity index (χ1) is 9.83. The summed E-state index contributed by atoms with van der Waals surface area (Å²) in [7, 11) is 0. The Kier molecular flexibility index (Phi) is 5.67. The first-order valence-electron chi connectivity index (χ1n) is 7.66. The summed E-state index contributed by atoms with van der Waals surface area (Å²) in [6.45, 7) is 4.51. The summed E-state index contributed by atoms with van der Waals surface area (Å²) in [5, 5.41) is 0. The summed E-state index contributed by atoms with van der Waals surface area (Å²) >= 11 is 0. The topological polar surface area (TPSA) is 9.23 Å². The molecule has 106 valence electrons. The number of hydrogen-bond acceptors (Lipinski definition) is 1. The molecular formula is C19H24O. The Bertz CT molecular complexity index is 498. The lowest BCUT2D eigenvalue weighted by atomic mass is 9.90. The van der Waals surface area contributed by atoms with Crippen LogP contribution in [0, 0.1) is 0 Å². The van der Waals surface area contributed by atoms with E-state index in [4.69, 9.17) is 4.74 Å². The molecule has 0 saturated heterocycles. The molecule has 2 aromatic carbocycles. The second-order valence-electron chi connectivity index (χ2n) is 5.26. The number of hydrogen-bond donors (Lipinski definition) is 0. The first-order valence-corrected chi connectivity index (χ1v) is 7.66. The lowest BCUT2D eigenvalue weighted by molar-refractivity contribution is 0.479. The fraction of sp³-hybridized carbons (Fsp3) is 0.368. The van der Waals surface area contributed by atoms with Gasteiger partial charge in [0.2, 0.25) is 0 Å². The fourth-order valence-corrected chi connectivity index (χ4v) is 2.63. The van der Waals surface area contributed by atoms with E-state index < -0.39 is 0 Å². The van der Waals surface area contributed by atoms with Crippen LogP contribution in [0.4, 0.5) is 0 Å². The average Bonchev–Trinajstić information content (AvgIpc) is 2.48. The van der Waals surface area contributed by atoms with Crippen LogP contribution >= 0.6 is 0 Å². The van der Waals surface area contributed by atoms with Crippen molar-refractivity contribution in [2.45, 2.75) is 45.4 Å². The van der Waals surface area contributed by atoms with E-state index in [1.165, 1.54) is 31.2 Å². The summed E-state index contributed by atoms with van der Waals surface area (Å²) < 4.78 is 5.93. The van der Waals surface area contributed by atoms with Crippen molar-refractivity contribution in [3.8, 4) is 11.5 Å². The van der Waals surface area contributed by atoms with Gasteiger partial charge in [0, 0.05) is 0 Å². The molecule has 0 atom stereocenters. The quantitative estimate of drug-likeness (QED) is 0.584. The third-order valence-corrected chi connectivity index (χ3v) is 3.58. The molecule has 0 bridgehead atoms. The van der Waals surface area contributed by atoms with Gasteiger partial charge in [0.15, 0.2) is 0 Å². The molecule has 1 nitrogen and oxygen atoms in total. The molecule has 0 aliphatic rings. The van der Waals surface area contributed by atoms with E-state index in [0.717, 1.165) is 11.5 Å². The third-order valence-electron chi connectivity index (χ3n) is 3.58. The second kappa shape index (κ2) is 7.74. The predicted octanol–water partition coefficient (Wildman–Crippen LogP) is 6.16. The molecule has 0 radical (unpaired) electrons. The highest BCUT2D eigenvalue weighted by atomic mass is 16.5. The van der Waals surface area contributed by atoms with Crippen molar-refractivity contribution in [2.75, 3.05) is 0 Å². The molecular weight excluding hydrogens is 244 g/mol. The van der Waals surface area contributed by atoms with Crippen LogP contribution in [0.15, 0.2) is 54.6 Å². The molecule has 2 rings (SSSR count). The van der Waals surface area contributed by atoms with Gasteiger partial charge in [-0.25, -0.2) is 0 Å². The minimum absolute atomic E-state index is 0.657. The zero-order valence-corrected chi connectivity index (χ0v) is 12.5. The molecule has 0 N–H and O–H groups in total. The first kappa shape index (κ1) is 14.6. The molecule has 0 aliphatic heterocycles. The maximum Gasteiger partial charge on any atom is 0.127 e. The molecule has 2 aromatic rings. The molecule has 0 fully saturated rings. The zero-order chi connectivity index (χ0) is 14.2. The number of ether oxygens (including phenoxy) is 1. The van der Waals surface area contributed by atoms with Crippen LogP contribution in [-0.4, -0.2) is 0 Å². The van der Waals surface area contributed by atoms with Crippen LogP contribution in [-0.2, 0) is 0 Å². The van der Waals surface area contributed by atoms with Crippen molar-refractivity contribution in [1.82, 2.24) is 0 Å². The van der Waals surface area contributed by atoms with Gasteiger partial charge in [0.1, 0.15) is 11.5 Å². The summed E-state index contributed by atoms with van der Waals surface area (Å²) in [4.78, 5) is 0. The van der Waals surface area contributed by atoms with Gasteiger partial charge in [-0.05, 0) is 48.6 Å². The summed E-state index contributed by atoms with van der Waals surface area (Å²) in [6.07, 6.45) is 4.97. The molecule has 0 spiro atoms.